The molecule has 1 atom stereocenters. The predicted molar refractivity (Wildman–Crippen MR) is 84.6 cm³/mol. The molecule has 2 heterocycles. The minimum absolute atomic E-state index is 0.159. The maximum Gasteiger partial charge on any atom is 0.247 e. The number of aromatic nitrogens is 2. The fraction of sp³-hybridized carbons (Fsp3) is 0.375. The number of carbonyl (C=O) groups excluding carboxylic acids is 2. The Kier molecular flexibility index (Phi) is 5.85. The van der Waals surface area contributed by atoms with Gasteiger partial charge in [-0.1, -0.05) is 11.2 Å². The standard InChI is InChI=1S/C16H20N4O3/c1-11-9-14(20-23-11)19-16(22)12(2)18-15(21)7-3-5-13-6-4-8-17-10-13/h4,6,8-10,12H,3,5,7H2,1-2H3,(H,18,21)(H,19,20,22). The summed E-state index contributed by atoms with van der Waals surface area (Å²) in [6.07, 6.45) is 5.34. The first-order chi connectivity index (χ1) is 11.0. The molecule has 2 N–H and O–H groups in total. The summed E-state index contributed by atoms with van der Waals surface area (Å²) in [5.74, 6) is 0.448. The van der Waals surface area contributed by atoms with Gasteiger partial charge in [-0.3, -0.25) is 14.6 Å². The number of hydrogen-bond donors (Lipinski definition) is 2. The molecule has 0 radical (unpaired) electrons. The third-order valence-electron chi connectivity index (χ3n) is 3.24. The van der Waals surface area contributed by atoms with Crippen LogP contribution in [0.15, 0.2) is 35.1 Å². The van der Waals surface area contributed by atoms with E-state index in [1.165, 1.54) is 0 Å². The lowest BCUT2D eigenvalue weighted by Crippen LogP contribution is -2.41. The van der Waals surface area contributed by atoms with E-state index in [9.17, 15) is 9.59 Å². The van der Waals surface area contributed by atoms with E-state index in [0.29, 0.717) is 24.4 Å². The number of nitrogens with zero attached hydrogens (tertiary/aromatic N) is 2. The van der Waals surface area contributed by atoms with Crippen molar-refractivity contribution in [1.82, 2.24) is 15.5 Å². The highest BCUT2D eigenvalue weighted by Gasteiger charge is 2.16. The number of carbonyl (C=O) groups is 2. The molecule has 0 spiro atoms. The minimum Gasteiger partial charge on any atom is -0.360 e. The molecule has 122 valence electrons. The molecule has 2 amide bonds. The summed E-state index contributed by atoms with van der Waals surface area (Å²) < 4.78 is 4.86. The van der Waals surface area contributed by atoms with Gasteiger partial charge in [-0.15, -0.1) is 0 Å². The third-order valence-corrected chi connectivity index (χ3v) is 3.24. The summed E-state index contributed by atoms with van der Waals surface area (Å²) in [5.41, 5.74) is 1.09. The van der Waals surface area contributed by atoms with Gasteiger partial charge in [0.15, 0.2) is 5.82 Å². The molecular formula is C16H20N4O3. The highest BCUT2D eigenvalue weighted by Crippen LogP contribution is 2.07. The SMILES string of the molecule is Cc1cc(NC(=O)C(C)NC(=O)CCCc2cccnc2)no1. The highest BCUT2D eigenvalue weighted by atomic mass is 16.5. The fourth-order valence-corrected chi connectivity index (χ4v) is 2.04. The van der Waals surface area contributed by atoms with Gasteiger partial charge in [0.05, 0.1) is 0 Å². The molecular weight excluding hydrogens is 296 g/mol. The maximum atomic E-state index is 11.9. The van der Waals surface area contributed by atoms with Gasteiger partial charge < -0.3 is 15.2 Å². The van der Waals surface area contributed by atoms with Gasteiger partial charge in [0.25, 0.3) is 0 Å². The van der Waals surface area contributed by atoms with Crippen molar-refractivity contribution in [1.29, 1.82) is 0 Å². The van der Waals surface area contributed by atoms with Crippen LogP contribution < -0.4 is 10.6 Å². The summed E-state index contributed by atoms with van der Waals surface area (Å²) >= 11 is 0. The van der Waals surface area contributed by atoms with Gasteiger partial charge >= 0.3 is 0 Å². The molecule has 2 aromatic rings. The first kappa shape index (κ1) is 16.7. The minimum atomic E-state index is -0.641. The van der Waals surface area contributed by atoms with Gasteiger partial charge in [0.2, 0.25) is 11.8 Å². The summed E-state index contributed by atoms with van der Waals surface area (Å²) in [6.45, 7) is 3.36. The van der Waals surface area contributed by atoms with Crippen LogP contribution in [0, 0.1) is 6.92 Å². The number of nitrogens with one attached hydrogen (secondary N) is 2. The van der Waals surface area contributed by atoms with Crippen LogP contribution in [0.25, 0.3) is 0 Å². The van der Waals surface area contributed by atoms with E-state index in [2.05, 4.69) is 20.8 Å². The largest absolute Gasteiger partial charge is 0.360 e. The Hall–Kier alpha value is -2.70. The monoisotopic (exact) mass is 316 g/mol. The topological polar surface area (TPSA) is 97.1 Å². The van der Waals surface area contributed by atoms with Crippen molar-refractivity contribution in [3.63, 3.8) is 0 Å². The normalized spacial score (nSPS) is 11.7. The molecule has 2 rings (SSSR count). The second kappa shape index (κ2) is 8.07. The number of amides is 2. The van der Waals surface area contributed by atoms with E-state index in [-0.39, 0.29) is 11.8 Å². The fourth-order valence-electron chi connectivity index (χ4n) is 2.04. The van der Waals surface area contributed by atoms with E-state index in [1.54, 1.807) is 32.3 Å². The quantitative estimate of drug-likeness (QED) is 0.812. The van der Waals surface area contributed by atoms with Crippen molar-refractivity contribution in [3.05, 3.63) is 41.9 Å². The van der Waals surface area contributed by atoms with Crippen LogP contribution in [-0.4, -0.2) is 28.0 Å². The average Bonchev–Trinajstić information content (AvgIpc) is 2.93. The van der Waals surface area contributed by atoms with Crippen LogP contribution in [0.2, 0.25) is 0 Å². The van der Waals surface area contributed by atoms with Crippen molar-refractivity contribution in [2.75, 3.05) is 5.32 Å². The molecule has 2 aromatic heterocycles. The Labute approximate surface area is 134 Å². The maximum absolute atomic E-state index is 11.9. The van der Waals surface area contributed by atoms with Gasteiger partial charge in [0, 0.05) is 24.9 Å². The Balaban J connectivity index is 1.70. The van der Waals surface area contributed by atoms with Gasteiger partial charge in [-0.05, 0) is 38.3 Å². The summed E-state index contributed by atoms with van der Waals surface area (Å²) in [6, 6.07) is 4.81. The Morgan fingerprint density at radius 2 is 2.22 bits per heavy atom. The molecule has 1 unspecified atom stereocenters. The number of hydrogen-bond acceptors (Lipinski definition) is 5. The third kappa shape index (κ3) is 5.54. The van der Waals surface area contributed by atoms with E-state index < -0.39 is 6.04 Å². The Morgan fingerprint density at radius 3 is 2.87 bits per heavy atom. The smallest absolute Gasteiger partial charge is 0.247 e. The Morgan fingerprint density at radius 1 is 1.39 bits per heavy atom. The number of aryl methyl sites for hydroxylation is 2. The van der Waals surface area contributed by atoms with Gasteiger partial charge in [-0.2, -0.15) is 0 Å². The summed E-state index contributed by atoms with van der Waals surface area (Å²) in [7, 11) is 0. The van der Waals surface area contributed by atoms with Gasteiger partial charge in [0.1, 0.15) is 11.8 Å². The lowest BCUT2D eigenvalue weighted by molar-refractivity contribution is -0.126. The van der Waals surface area contributed by atoms with Crippen molar-refractivity contribution in [3.8, 4) is 0 Å². The summed E-state index contributed by atoms with van der Waals surface area (Å²) in [5, 5.41) is 8.93. The zero-order valence-electron chi connectivity index (χ0n) is 13.2. The van der Waals surface area contributed by atoms with E-state index in [0.717, 1.165) is 12.0 Å². The van der Waals surface area contributed by atoms with E-state index in [1.807, 2.05) is 12.1 Å². The van der Waals surface area contributed by atoms with Crippen LogP contribution in [0.1, 0.15) is 31.1 Å². The molecule has 7 heteroatoms. The predicted octanol–water partition coefficient (Wildman–Crippen LogP) is 1.84. The first-order valence-corrected chi connectivity index (χ1v) is 7.47. The van der Waals surface area contributed by atoms with Crippen molar-refractivity contribution >= 4 is 17.6 Å². The second-order valence-corrected chi connectivity index (χ2v) is 5.32. The summed E-state index contributed by atoms with van der Waals surface area (Å²) in [4.78, 5) is 27.8. The molecule has 23 heavy (non-hydrogen) atoms. The number of rotatable bonds is 7. The number of anilines is 1. The highest BCUT2D eigenvalue weighted by molar-refractivity contribution is 5.96. The van der Waals surface area contributed by atoms with Crippen molar-refractivity contribution in [2.24, 2.45) is 0 Å². The average molecular weight is 316 g/mol. The molecule has 0 aliphatic rings. The van der Waals surface area contributed by atoms with E-state index in [4.69, 9.17) is 4.52 Å². The molecule has 0 aliphatic carbocycles. The van der Waals surface area contributed by atoms with E-state index >= 15 is 0 Å². The molecule has 0 saturated heterocycles. The van der Waals surface area contributed by atoms with Crippen molar-refractivity contribution in [2.45, 2.75) is 39.2 Å². The van der Waals surface area contributed by atoms with Crippen LogP contribution >= 0.6 is 0 Å². The van der Waals surface area contributed by atoms with Crippen molar-refractivity contribution < 1.29 is 14.1 Å². The first-order valence-electron chi connectivity index (χ1n) is 7.47. The molecule has 0 fully saturated rings. The van der Waals surface area contributed by atoms with Crippen LogP contribution in [0.3, 0.4) is 0 Å². The van der Waals surface area contributed by atoms with Crippen LogP contribution in [0.5, 0.6) is 0 Å². The Bertz CT molecular complexity index is 654. The zero-order valence-corrected chi connectivity index (χ0v) is 13.2. The molecule has 0 saturated carbocycles. The second-order valence-electron chi connectivity index (χ2n) is 5.32. The lowest BCUT2D eigenvalue weighted by atomic mass is 10.1. The molecule has 0 bridgehead atoms. The number of pyridine rings is 1. The molecule has 0 aliphatic heterocycles. The van der Waals surface area contributed by atoms with Crippen LogP contribution in [0.4, 0.5) is 5.82 Å². The lowest BCUT2D eigenvalue weighted by Gasteiger charge is -2.12. The molecule has 0 aromatic carbocycles. The van der Waals surface area contributed by atoms with Gasteiger partial charge in [-0.25, -0.2) is 0 Å². The molecule has 7 nitrogen and oxygen atoms in total. The zero-order chi connectivity index (χ0) is 16.7. The van der Waals surface area contributed by atoms with Crippen LogP contribution in [-0.2, 0) is 16.0 Å².